The number of furan rings is 1. The van der Waals surface area contributed by atoms with Crippen molar-refractivity contribution >= 4 is 22.1 Å². The molecule has 4 aromatic rings. The molecule has 2 aliphatic carbocycles. The van der Waals surface area contributed by atoms with Crippen LogP contribution in [0.2, 0.25) is 0 Å². The Kier molecular flexibility index (Phi) is 3.37. The fraction of sp³-hybridized carbons (Fsp3) is 0.385. The maximum atomic E-state index is 6.18. The maximum absolute atomic E-state index is 6.18. The highest BCUT2D eigenvalue weighted by Crippen LogP contribution is 2.70. The Balaban J connectivity index is 1.49. The van der Waals surface area contributed by atoms with Gasteiger partial charge in [0.05, 0.1) is 0 Å². The van der Waals surface area contributed by atoms with Gasteiger partial charge in [0.1, 0.15) is 23.1 Å². The summed E-state index contributed by atoms with van der Waals surface area (Å²) in [6.45, 7) is 7.48. The minimum Gasteiger partial charge on any atom is -0.452 e. The quantitative estimate of drug-likeness (QED) is 0.376. The van der Waals surface area contributed by atoms with Crippen LogP contribution in [0.4, 0.5) is 0 Å². The molecule has 2 aromatic carbocycles. The summed E-state index contributed by atoms with van der Waals surface area (Å²) in [5.41, 5.74) is 6.78. The lowest BCUT2D eigenvalue weighted by Crippen LogP contribution is -2.31. The summed E-state index contributed by atoms with van der Waals surface area (Å²) in [6, 6.07) is 17.1. The van der Waals surface area contributed by atoms with Gasteiger partial charge < -0.3 is 4.42 Å². The van der Waals surface area contributed by atoms with Gasteiger partial charge in [0.25, 0.3) is 0 Å². The summed E-state index contributed by atoms with van der Waals surface area (Å²) in [4.78, 5) is 9.14. The van der Waals surface area contributed by atoms with Crippen LogP contribution >= 0.6 is 0 Å². The van der Waals surface area contributed by atoms with Crippen molar-refractivity contribution < 1.29 is 4.42 Å². The molecule has 0 amide bonds. The van der Waals surface area contributed by atoms with Gasteiger partial charge in [0, 0.05) is 10.9 Å². The van der Waals surface area contributed by atoms with Gasteiger partial charge in [-0.3, -0.25) is 0 Å². The van der Waals surface area contributed by atoms with Gasteiger partial charge in [0.2, 0.25) is 0 Å². The lowest BCUT2D eigenvalue weighted by atomic mass is 9.65. The molecule has 0 aliphatic heterocycles. The Bertz CT molecular complexity index is 1250. The van der Waals surface area contributed by atoms with Crippen LogP contribution < -0.4 is 0 Å². The Labute approximate surface area is 171 Å². The minimum atomic E-state index is 0.372. The summed E-state index contributed by atoms with van der Waals surface area (Å²) in [5.74, 6) is 1.45. The Morgan fingerprint density at radius 2 is 1.86 bits per heavy atom. The summed E-state index contributed by atoms with van der Waals surface area (Å²) in [7, 11) is 0. The molecular formula is C26H26N2O. The van der Waals surface area contributed by atoms with E-state index in [1.54, 1.807) is 6.33 Å². The van der Waals surface area contributed by atoms with E-state index < -0.39 is 0 Å². The normalized spacial score (nSPS) is 27.8. The van der Waals surface area contributed by atoms with E-state index in [2.05, 4.69) is 61.1 Å². The van der Waals surface area contributed by atoms with Crippen molar-refractivity contribution in [1.82, 2.24) is 9.97 Å². The van der Waals surface area contributed by atoms with Crippen molar-refractivity contribution in [2.45, 2.75) is 46.0 Å². The maximum Gasteiger partial charge on any atom is 0.180 e. The standard InChI is InChI=1S/C26H26N2O/c1-25(2)18-11-12-26(25,3)20(14-18)16-7-6-8-17(13-16)22-24-23(28-15-27-22)19-9-4-5-10-21(19)29-24/h4-10,13,15,18,20H,11-12,14H2,1-3H3. The van der Waals surface area contributed by atoms with E-state index in [1.165, 1.54) is 24.8 Å². The number of nitrogens with zero attached hydrogens (tertiary/aromatic N) is 2. The zero-order chi connectivity index (χ0) is 19.8. The van der Waals surface area contributed by atoms with Gasteiger partial charge in [-0.15, -0.1) is 0 Å². The number of fused-ring (bicyclic) bond motifs is 5. The predicted molar refractivity (Wildman–Crippen MR) is 117 cm³/mol. The van der Waals surface area contributed by atoms with Gasteiger partial charge in [-0.1, -0.05) is 51.1 Å². The first-order valence-corrected chi connectivity index (χ1v) is 10.7. The number of hydrogen-bond donors (Lipinski definition) is 0. The van der Waals surface area contributed by atoms with E-state index in [-0.39, 0.29) is 0 Å². The molecular weight excluding hydrogens is 356 g/mol. The molecule has 2 heterocycles. The first-order chi connectivity index (χ1) is 14.0. The monoisotopic (exact) mass is 382 g/mol. The van der Waals surface area contributed by atoms with Gasteiger partial charge in [-0.05, 0) is 65.7 Å². The summed E-state index contributed by atoms with van der Waals surface area (Å²) in [6.07, 6.45) is 5.68. The Morgan fingerprint density at radius 3 is 2.66 bits per heavy atom. The third-order valence-electron chi connectivity index (χ3n) is 8.51. The molecule has 29 heavy (non-hydrogen) atoms. The molecule has 3 nitrogen and oxygen atoms in total. The first-order valence-electron chi connectivity index (χ1n) is 10.7. The lowest BCUT2D eigenvalue weighted by molar-refractivity contribution is 0.134. The number of rotatable bonds is 2. The van der Waals surface area contributed by atoms with E-state index in [1.807, 2.05) is 18.2 Å². The number of para-hydroxylation sites is 1. The second kappa shape index (κ2) is 5.69. The SMILES string of the molecule is CC1(C)C2CCC1(C)C(c1cccc(-c3ncnc4c3oc3ccccc34)c1)C2. The van der Waals surface area contributed by atoms with E-state index in [0.29, 0.717) is 16.7 Å². The van der Waals surface area contributed by atoms with Crippen LogP contribution in [-0.2, 0) is 0 Å². The number of benzene rings is 2. The zero-order valence-corrected chi connectivity index (χ0v) is 17.3. The topological polar surface area (TPSA) is 38.9 Å². The fourth-order valence-corrected chi connectivity index (χ4v) is 6.34. The Morgan fingerprint density at radius 1 is 1.00 bits per heavy atom. The third kappa shape index (κ3) is 2.19. The van der Waals surface area contributed by atoms with E-state index in [0.717, 1.165) is 39.2 Å². The molecule has 2 fully saturated rings. The van der Waals surface area contributed by atoms with Crippen LogP contribution in [0.1, 0.15) is 51.5 Å². The summed E-state index contributed by atoms with van der Waals surface area (Å²) in [5, 5.41) is 1.05. The smallest absolute Gasteiger partial charge is 0.180 e. The molecule has 3 atom stereocenters. The van der Waals surface area contributed by atoms with Crippen LogP contribution in [0, 0.1) is 16.7 Å². The minimum absolute atomic E-state index is 0.372. The largest absolute Gasteiger partial charge is 0.452 e. The van der Waals surface area contributed by atoms with Crippen molar-refractivity contribution in [2.24, 2.45) is 16.7 Å². The molecule has 2 bridgehead atoms. The molecule has 3 unspecified atom stereocenters. The molecule has 2 aromatic heterocycles. The predicted octanol–water partition coefficient (Wildman–Crippen LogP) is 6.97. The van der Waals surface area contributed by atoms with Gasteiger partial charge in [-0.2, -0.15) is 0 Å². The first kappa shape index (κ1) is 17.2. The zero-order valence-electron chi connectivity index (χ0n) is 17.3. The highest BCUT2D eigenvalue weighted by Gasteiger charge is 2.61. The van der Waals surface area contributed by atoms with E-state index in [9.17, 15) is 0 Å². The molecule has 2 saturated carbocycles. The fourth-order valence-electron chi connectivity index (χ4n) is 6.34. The second-order valence-corrected chi connectivity index (χ2v) is 9.79. The van der Waals surface area contributed by atoms with Crippen LogP contribution in [0.15, 0.2) is 59.3 Å². The van der Waals surface area contributed by atoms with Gasteiger partial charge >= 0.3 is 0 Å². The highest BCUT2D eigenvalue weighted by molar-refractivity contribution is 6.06. The third-order valence-corrected chi connectivity index (χ3v) is 8.51. The molecule has 0 radical (unpaired) electrons. The van der Waals surface area contributed by atoms with Crippen molar-refractivity contribution in [2.75, 3.05) is 0 Å². The van der Waals surface area contributed by atoms with Gasteiger partial charge in [-0.25, -0.2) is 9.97 Å². The highest BCUT2D eigenvalue weighted by atomic mass is 16.3. The summed E-state index contributed by atoms with van der Waals surface area (Å²) >= 11 is 0. The molecule has 146 valence electrons. The van der Waals surface area contributed by atoms with Gasteiger partial charge in [0.15, 0.2) is 5.58 Å². The number of aromatic nitrogens is 2. The lowest BCUT2D eigenvalue weighted by Gasteiger charge is -2.39. The second-order valence-electron chi connectivity index (χ2n) is 9.79. The van der Waals surface area contributed by atoms with Crippen LogP contribution in [0.5, 0.6) is 0 Å². The molecule has 2 aliphatic rings. The van der Waals surface area contributed by atoms with Crippen LogP contribution in [-0.4, -0.2) is 9.97 Å². The molecule has 0 N–H and O–H groups in total. The molecule has 0 spiro atoms. The van der Waals surface area contributed by atoms with Crippen molar-refractivity contribution in [1.29, 1.82) is 0 Å². The molecule has 3 heteroatoms. The van der Waals surface area contributed by atoms with E-state index in [4.69, 9.17) is 4.42 Å². The number of hydrogen-bond acceptors (Lipinski definition) is 3. The molecule has 6 rings (SSSR count). The average Bonchev–Trinajstić information content (AvgIpc) is 3.29. The average molecular weight is 383 g/mol. The van der Waals surface area contributed by atoms with Crippen molar-refractivity contribution in [3.8, 4) is 11.3 Å². The van der Waals surface area contributed by atoms with Crippen molar-refractivity contribution in [3.63, 3.8) is 0 Å². The summed E-state index contributed by atoms with van der Waals surface area (Å²) < 4.78 is 6.18. The van der Waals surface area contributed by atoms with E-state index >= 15 is 0 Å². The van der Waals surface area contributed by atoms with Crippen LogP contribution in [0.3, 0.4) is 0 Å². The van der Waals surface area contributed by atoms with Crippen LogP contribution in [0.25, 0.3) is 33.3 Å². The van der Waals surface area contributed by atoms with Crippen molar-refractivity contribution in [3.05, 3.63) is 60.4 Å². The Hall–Kier alpha value is -2.68. The molecule has 0 saturated heterocycles.